The number of hydrogen-bond donors (Lipinski definition) is 0. The Morgan fingerprint density at radius 3 is 3.17 bits per heavy atom. The second kappa shape index (κ2) is 2.92. The Bertz CT molecular complexity index is 232. The molecular weight excluding hydrogens is 150 g/mol. The van der Waals surface area contributed by atoms with E-state index >= 15 is 0 Å². The maximum Gasteiger partial charge on any atom is 0.226 e. The predicted octanol–water partition coefficient (Wildman–Crippen LogP) is 1.92. The maximum absolute atomic E-state index is 11.5. The normalized spacial score (nSPS) is 29.8. The number of amides is 1. The summed E-state index contributed by atoms with van der Waals surface area (Å²) in [4.78, 5) is 13.4. The molecule has 1 unspecified atom stereocenters. The second-order valence-corrected chi connectivity index (χ2v) is 3.76. The average molecular weight is 165 g/mol. The first kappa shape index (κ1) is 7.84. The molecule has 2 heteroatoms. The Morgan fingerprint density at radius 2 is 2.42 bits per heavy atom. The molecule has 0 N–H and O–H groups in total. The smallest absolute Gasteiger partial charge is 0.226 e. The van der Waals surface area contributed by atoms with Crippen LogP contribution in [0.5, 0.6) is 0 Å². The summed E-state index contributed by atoms with van der Waals surface area (Å²) in [6.45, 7) is 3.17. The zero-order chi connectivity index (χ0) is 8.55. The minimum atomic E-state index is 0.332. The van der Waals surface area contributed by atoms with E-state index in [1.165, 1.54) is 5.70 Å². The molecule has 66 valence electrons. The molecule has 2 aliphatic heterocycles. The summed E-state index contributed by atoms with van der Waals surface area (Å²) in [6.07, 6.45) is 6.33. The average Bonchev–Trinajstić information content (AvgIpc) is 2.12. The van der Waals surface area contributed by atoms with Gasteiger partial charge in [0.1, 0.15) is 0 Å². The third-order valence-electron chi connectivity index (χ3n) is 2.85. The van der Waals surface area contributed by atoms with Crippen LogP contribution in [0.15, 0.2) is 11.8 Å². The number of carbonyl (C=O) groups excluding carboxylic acids is 1. The van der Waals surface area contributed by atoms with Crippen LogP contribution in [0.25, 0.3) is 0 Å². The lowest BCUT2D eigenvalue weighted by Crippen LogP contribution is -2.39. The Kier molecular flexibility index (Phi) is 1.91. The van der Waals surface area contributed by atoms with Crippen LogP contribution in [0.3, 0.4) is 0 Å². The van der Waals surface area contributed by atoms with Gasteiger partial charge in [-0.15, -0.1) is 0 Å². The van der Waals surface area contributed by atoms with Crippen molar-refractivity contribution in [1.82, 2.24) is 4.90 Å². The molecule has 0 spiro atoms. The Balaban J connectivity index is 2.25. The number of fused-ring (bicyclic) bond motifs is 1. The first-order valence-corrected chi connectivity index (χ1v) is 4.79. The first-order chi connectivity index (χ1) is 5.79. The van der Waals surface area contributed by atoms with Gasteiger partial charge in [-0.1, -0.05) is 13.0 Å². The molecule has 0 saturated carbocycles. The maximum atomic E-state index is 11.5. The molecule has 1 saturated heterocycles. The number of allylic oxidation sites excluding steroid dienone is 2. The highest BCUT2D eigenvalue weighted by Crippen LogP contribution is 2.30. The van der Waals surface area contributed by atoms with Crippen molar-refractivity contribution in [2.75, 3.05) is 6.54 Å². The summed E-state index contributed by atoms with van der Waals surface area (Å²) in [5.41, 5.74) is 1.29. The second-order valence-electron chi connectivity index (χ2n) is 3.76. The summed E-state index contributed by atoms with van der Waals surface area (Å²) >= 11 is 0. The molecule has 0 bridgehead atoms. The topological polar surface area (TPSA) is 20.3 Å². The lowest BCUT2D eigenvalue weighted by molar-refractivity contribution is -0.132. The van der Waals surface area contributed by atoms with Gasteiger partial charge < -0.3 is 4.90 Å². The monoisotopic (exact) mass is 165 g/mol. The molecule has 2 nitrogen and oxygen atoms in total. The first-order valence-electron chi connectivity index (χ1n) is 4.79. The molecule has 1 atom stereocenters. The number of hydrogen-bond acceptors (Lipinski definition) is 1. The Hall–Kier alpha value is -0.790. The molecule has 1 amide bonds. The molecule has 2 heterocycles. The van der Waals surface area contributed by atoms with Crippen LogP contribution in [-0.2, 0) is 4.79 Å². The van der Waals surface area contributed by atoms with Gasteiger partial charge in [0.2, 0.25) is 5.91 Å². The summed E-state index contributed by atoms with van der Waals surface area (Å²) < 4.78 is 0. The minimum absolute atomic E-state index is 0.332. The van der Waals surface area contributed by atoms with Crippen molar-refractivity contribution in [3.8, 4) is 0 Å². The van der Waals surface area contributed by atoms with Crippen molar-refractivity contribution in [1.29, 1.82) is 0 Å². The van der Waals surface area contributed by atoms with Crippen molar-refractivity contribution >= 4 is 5.91 Å². The summed E-state index contributed by atoms with van der Waals surface area (Å²) in [6, 6.07) is 0. The number of carbonyl (C=O) groups is 1. The molecule has 0 aromatic rings. The minimum Gasteiger partial charge on any atom is -0.316 e. The standard InChI is InChI=1S/C10H15NO/c1-8-5-6-10(12)11-7-3-2-4-9(8)11/h4,8H,2-3,5-7H2,1H3. The zero-order valence-corrected chi connectivity index (χ0v) is 7.55. The van der Waals surface area contributed by atoms with E-state index in [0.29, 0.717) is 11.8 Å². The SMILES string of the molecule is CC1CCC(=O)N2CCCC=C12. The molecule has 12 heavy (non-hydrogen) atoms. The van der Waals surface area contributed by atoms with Gasteiger partial charge in [0, 0.05) is 18.7 Å². The molecule has 0 aromatic heterocycles. The highest BCUT2D eigenvalue weighted by atomic mass is 16.2. The summed E-state index contributed by atoms with van der Waals surface area (Å²) in [5, 5.41) is 0. The molecule has 0 aliphatic carbocycles. The van der Waals surface area contributed by atoms with E-state index in [2.05, 4.69) is 13.0 Å². The number of nitrogens with zero attached hydrogens (tertiary/aromatic N) is 1. The largest absolute Gasteiger partial charge is 0.316 e. The van der Waals surface area contributed by atoms with E-state index in [9.17, 15) is 4.79 Å². The van der Waals surface area contributed by atoms with Crippen molar-refractivity contribution < 1.29 is 4.79 Å². The summed E-state index contributed by atoms with van der Waals surface area (Å²) in [5.74, 6) is 0.932. The van der Waals surface area contributed by atoms with Crippen LogP contribution < -0.4 is 0 Å². The molecule has 2 aliphatic rings. The quantitative estimate of drug-likeness (QED) is 0.537. The van der Waals surface area contributed by atoms with Gasteiger partial charge in [-0.2, -0.15) is 0 Å². The van der Waals surface area contributed by atoms with Gasteiger partial charge in [0.15, 0.2) is 0 Å². The fourth-order valence-electron chi connectivity index (χ4n) is 2.10. The molecule has 0 aromatic carbocycles. The van der Waals surface area contributed by atoms with Gasteiger partial charge in [0.25, 0.3) is 0 Å². The van der Waals surface area contributed by atoms with Crippen molar-refractivity contribution in [2.45, 2.75) is 32.6 Å². The third-order valence-corrected chi connectivity index (χ3v) is 2.85. The highest BCUT2D eigenvalue weighted by Gasteiger charge is 2.28. The Labute approximate surface area is 73.2 Å². The van der Waals surface area contributed by atoms with E-state index in [1.807, 2.05) is 4.90 Å². The van der Waals surface area contributed by atoms with Gasteiger partial charge >= 0.3 is 0 Å². The van der Waals surface area contributed by atoms with E-state index in [4.69, 9.17) is 0 Å². The molecular formula is C10H15NO. The van der Waals surface area contributed by atoms with Crippen LogP contribution in [0, 0.1) is 5.92 Å². The van der Waals surface area contributed by atoms with Crippen molar-refractivity contribution in [2.24, 2.45) is 5.92 Å². The number of rotatable bonds is 0. The van der Waals surface area contributed by atoms with Crippen LogP contribution >= 0.6 is 0 Å². The zero-order valence-electron chi connectivity index (χ0n) is 7.55. The third kappa shape index (κ3) is 1.15. The molecule has 1 fully saturated rings. The lowest BCUT2D eigenvalue weighted by atomic mass is 9.92. The van der Waals surface area contributed by atoms with Crippen LogP contribution in [0.1, 0.15) is 32.6 Å². The predicted molar refractivity (Wildman–Crippen MR) is 47.4 cm³/mol. The summed E-state index contributed by atoms with van der Waals surface area (Å²) in [7, 11) is 0. The van der Waals surface area contributed by atoms with Gasteiger partial charge in [-0.05, 0) is 25.2 Å². The Morgan fingerprint density at radius 1 is 1.58 bits per heavy atom. The van der Waals surface area contributed by atoms with E-state index in [1.54, 1.807) is 0 Å². The fourth-order valence-corrected chi connectivity index (χ4v) is 2.10. The van der Waals surface area contributed by atoms with Crippen LogP contribution in [0.2, 0.25) is 0 Å². The van der Waals surface area contributed by atoms with Crippen LogP contribution in [-0.4, -0.2) is 17.4 Å². The van der Waals surface area contributed by atoms with Crippen molar-refractivity contribution in [3.05, 3.63) is 11.8 Å². The van der Waals surface area contributed by atoms with Gasteiger partial charge in [0.05, 0.1) is 0 Å². The van der Waals surface area contributed by atoms with E-state index in [0.717, 1.165) is 32.2 Å². The van der Waals surface area contributed by atoms with E-state index < -0.39 is 0 Å². The lowest BCUT2D eigenvalue weighted by Gasteiger charge is -2.36. The highest BCUT2D eigenvalue weighted by molar-refractivity contribution is 5.79. The fraction of sp³-hybridized carbons (Fsp3) is 0.700. The molecule has 2 rings (SSSR count). The van der Waals surface area contributed by atoms with Gasteiger partial charge in [-0.25, -0.2) is 0 Å². The van der Waals surface area contributed by atoms with Gasteiger partial charge in [-0.3, -0.25) is 4.79 Å². The van der Waals surface area contributed by atoms with Crippen molar-refractivity contribution in [3.63, 3.8) is 0 Å². The van der Waals surface area contributed by atoms with Crippen LogP contribution in [0.4, 0.5) is 0 Å². The number of piperidine rings is 1. The molecule has 0 radical (unpaired) electrons. The van der Waals surface area contributed by atoms with E-state index in [-0.39, 0.29) is 0 Å².